The lowest BCUT2D eigenvalue weighted by Crippen LogP contribution is -2.28. The van der Waals surface area contributed by atoms with E-state index >= 15 is 0 Å². The Kier molecular flexibility index (Phi) is 5.76. The van der Waals surface area contributed by atoms with Crippen LogP contribution in [0.5, 0.6) is 5.75 Å². The van der Waals surface area contributed by atoms with Crippen molar-refractivity contribution in [3.05, 3.63) is 23.8 Å². The van der Waals surface area contributed by atoms with Gasteiger partial charge < -0.3 is 19.3 Å². The lowest BCUT2D eigenvalue weighted by Gasteiger charge is -2.21. The monoisotopic (exact) mass is 311 g/mol. The molecule has 0 heterocycles. The van der Waals surface area contributed by atoms with Crippen molar-refractivity contribution in [2.45, 2.75) is 32.5 Å². The van der Waals surface area contributed by atoms with Crippen LogP contribution in [0.25, 0.3) is 0 Å². The molecule has 7 heteroatoms. The summed E-state index contributed by atoms with van der Waals surface area (Å²) in [5.74, 6) is -0.385. The summed E-state index contributed by atoms with van der Waals surface area (Å²) in [7, 11) is 2.62. The number of carbonyl (C=O) groups is 2. The Balaban J connectivity index is 3.09. The average Bonchev–Trinajstić information content (AvgIpc) is 2.43. The van der Waals surface area contributed by atoms with Crippen molar-refractivity contribution >= 4 is 17.7 Å². The molecule has 0 fully saturated rings. The van der Waals surface area contributed by atoms with Gasteiger partial charge in [0.05, 0.1) is 19.9 Å². The molecule has 0 saturated carbocycles. The van der Waals surface area contributed by atoms with Crippen molar-refractivity contribution in [2.75, 3.05) is 19.5 Å². The third-order valence-corrected chi connectivity index (χ3v) is 2.62. The van der Waals surface area contributed by atoms with Gasteiger partial charge in [0.1, 0.15) is 11.4 Å². The van der Waals surface area contributed by atoms with E-state index in [1.165, 1.54) is 19.2 Å². The van der Waals surface area contributed by atoms with Crippen molar-refractivity contribution in [2.24, 2.45) is 0 Å². The lowest BCUT2D eigenvalue weighted by molar-refractivity contribution is -0.150. The second kappa shape index (κ2) is 7.13. The van der Waals surface area contributed by atoms with Crippen LogP contribution in [0.3, 0.4) is 0 Å². The predicted octanol–water partition coefficient (Wildman–Crippen LogP) is 2.25. The zero-order valence-corrected chi connectivity index (χ0v) is 13.3. The van der Waals surface area contributed by atoms with E-state index in [9.17, 15) is 14.7 Å². The van der Waals surface area contributed by atoms with Crippen LogP contribution in [0, 0.1) is 0 Å². The van der Waals surface area contributed by atoms with Crippen LogP contribution in [-0.4, -0.2) is 37.0 Å². The molecular formula is C15H21NO6. The summed E-state index contributed by atoms with van der Waals surface area (Å²) < 4.78 is 14.7. The van der Waals surface area contributed by atoms with Gasteiger partial charge in [-0.15, -0.1) is 0 Å². The molecule has 1 atom stereocenters. The summed E-state index contributed by atoms with van der Waals surface area (Å²) in [5.41, 5.74) is -0.297. The molecule has 2 N–H and O–H groups in total. The third-order valence-electron chi connectivity index (χ3n) is 2.62. The number of amides is 1. The van der Waals surface area contributed by atoms with Gasteiger partial charge in [-0.25, -0.2) is 9.59 Å². The van der Waals surface area contributed by atoms with Crippen molar-refractivity contribution in [1.82, 2.24) is 0 Å². The van der Waals surface area contributed by atoms with E-state index in [1.54, 1.807) is 26.8 Å². The number of rotatable bonds is 4. The normalized spacial score (nSPS) is 12.3. The maximum Gasteiger partial charge on any atom is 0.412 e. The molecule has 0 aliphatic heterocycles. The lowest BCUT2D eigenvalue weighted by atomic mass is 10.1. The Morgan fingerprint density at radius 1 is 1.23 bits per heavy atom. The summed E-state index contributed by atoms with van der Waals surface area (Å²) in [6.07, 6.45) is -2.24. The highest BCUT2D eigenvalue weighted by molar-refractivity contribution is 5.88. The highest BCUT2D eigenvalue weighted by atomic mass is 16.6. The first-order valence-corrected chi connectivity index (χ1v) is 6.61. The van der Waals surface area contributed by atoms with E-state index in [0.717, 1.165) is 7.11 Å². The number of methoxy groups -OCH3 is 2. The van der Waals surface area contributed by atoms with E-state index < -0.39 is 23.8 Å². The number of anilines is 1. The summed E-state index contributed by atoms with van der Waals surface area (Å²) in [5, 5.41) is 12.5. The zero-order chi connectivity index (χ0) is 16.9. The maximum atomic E-state index is 11.9. The number of hydrogen-bond donors (Lipinski definition) is 2. The van der Waals surface area contributed by atoms with Crippen molar-refractivity contribution < 1.29 is 28.9 Å². The molecular weight excluding hydrogens is 290 g/mol. The molecule has 122 valence electrons. The van der Waals surface area contributed by atoms with Crippen LogP contribution in [0.1, 0.15) is 32.4 Å². The van der Waals surface area contributed by atoms with Gasteiger partial charge in [0, 0.05) is 11.6 Å². The quantitative estimate of drug-likeness (QED) is 0.828. The highest BCUT2D eigenvalue weighted by Gasteiger charge is 2.24. The fourth-order valence-electron chi connectivity index (χ4n) is 1.66. The molecule has 0 spiro atoms. The number of hydrogen-bond acceptors (Lipinski definition) is 6. The van der Waals surface area contributed by atoms with Crippen LogP contribution in [0.4, 0.5) is 10.5 Å². The van der Waals surface area contributed by atoms with Crippen molar-refractivity contribution in [1.29, 1.82) is 0 Å². The second-order valence-electron chi connectivity index (χ2n) is 5.51. The molecule has 0 radical (unpaired) electrons. The van der Waals surface area contributed by atoms with Gasteiger partial charge >= 0.3 is 12.1 Å². The van der Waals surface area contributed by atoms with Crippen LogP contribution in [-0.2, 0) is 14.3 Å². The summed E-state index contributed by atoms with van der Waals surface area (Å²) >= 11 is 0. The average molecular weight is 311 g/mol. The molecule has 1 unspecified atom stereocenters. The van der Waals surface area contributed by atoms with Crippen molar-refractivity contribution in [3.63, 3.8) is 0 Å². The number of benzene rings is 1. The Morgan fingerprint density at radius 2 is 1.86 bits per heavy atom. The molecule has 22 heavy (non-hydrogen) atoms. The molecule has 1 aromatic carbocycles. The molecule has 0 aliphatic carbocycles. The predicted molar refractivity (Wildman–Crippen MR) is 79.8 cm³/mol. The summed E-state index contributed by atoms with van der Waals surface area (Å²) in [4.78, 5) is 23.4. The zero-order valence-electron chi connectivity index (χ0n) is 13.3. The van der Waals surface area contributed by atoms with Crippen molar-refractivity contribution in [3.8, 4) is 5.75 Å². The number of aliphatic hydroxyl groups excluding tert-OH is 1. The fraction of sp³-hybridized carbons (Fsp3) is 0.467. The Morgan fingerprint density at radius 3 is 2.36 bits per heavy atom. The Bertz CT molecular complexity index is 549. The van der Waals surface area contributed by atoms with Crippen LogP contribution >= 0.6 is 0 Å². The Hall–Kier alpha value is -2.28. The summed E-state index contributed by atoms with van der Waals surface area (Å²) in [6.45, 7) is 5.17. The van der Waals surface area contributed by atoms with Crippen LogP contribution < -0.4 is 10.1 Å². The molecule has 1 amide bonds. The topological polar surface area (TPSA) is 94.1 Å². The Labute approximate surface area is 129 Å². The van der Waals surface area contributed by atoms with E-state index in [1.807, 2.05) is 0 Å². The second-order valence-corrected chi connectivity index (χ2v) is 5.51. The van der Waals surface area contributed by atoms with Crippen LogP contribution in [0.2, 0.25) is 0 Å². The molecule has 0 saturated heterocycles. The van der Waals surface area contributed by atoms with Gasteiger partial charge in [-0.3, -0.25) is 5.32 Å². The van der Waals surface area contributed by atoms with Gasteiger partial charge in [-0.1, -0.05) is 6.07 Å². The van der Waals surface area contributed by atoms with Gasteiger partial charge in [-0.2, -0.15) is 0 Å². The van der Waals surface area contributed by atoms with Gasteiger partial charge in [0.15, 0.2) is 6.10 Å². The maximum absolute atomic E-state index is 11.9. The van der Waals surface area contributed by atoms with Crippen LogP contribution in [0.15, 0.2) is 18.2 Å². The fourth-order valence-corrected chi connectivity index (χ4v) is 1.66. The number of aliphatic hydroxyl groups is 1. The molecule has 0 bridgehead atoms. The molecule has 1 rings (SSSR count). The SMILES string of the molecule is COC(=O)C(O)c1ccc(OC)cc1NC(=O)OC(C)(C)C. The molecule has 7 nitrogen and oxygen atoms in total. The molecule has 0 aliphatic rings. The summed E-state index contributed by atoms with van der Waals surface area (Å²) in [6, 6.07) is 4.50. The minimum absolute atomic E-state index is 0.179. The highest BCUT2D eigenvalue weighted by Crippen LogP contribution is 2.28. The number of esters is 1. The number of carbonyl (C=O) groups excluding carboxylic acids is 2. The number of nitrogens with one attached hydrogen (secondary N) is 1. The first-order chi connectivity index (χ1) is 10.2. The molecule has 0 aromatic heterocycles. The number of ether oxygens (including phenoxy) is 3. The minimum atomic E-state index is -1.53. The standard InChI is InChI=1S/C15H21NO6/c1-15(2,3)22-14(19)16-11-8-9(20-4)6-7-10(11)12(17)13(18)21-5/h6-8,12,17H,1-5H3,(H,16,19). The van der Waals surface area contributed by atoms with Gasteiger partial charge in [-0.05, 0) is 26.8 Å². The molecule has 1 aromatic rings. The minimum Gasteiger partial charge on any atom is -0.497 e. The van der Waals surface area contributed by atoms with E-state index in [0.29, 0.717) is 5.75 Å². The van der Waals surface area contributed by atoms with E-state index in [-0.39, 0.29) is 11.3 Å². The third kappa shape index (κ3) is 4.92. The smallest absolute Gasteiger partial charge is 0.412 e. The van der Waals surface area contributed by atoms with E-state index in [4.69, 9.17) is 9.47 Å². The largest absolute Gasteiger partial charge is 0.497 e. The van der Waals surface area contributed by atoms with Gasteiger partial charge in [0.2, 0.25) is 0 Å². The van der Waals surface area contributed by atoms with E-state index in [2.05, 4.69) is 10.1 Å². The van der Waals surface area contributed by atoms with Gasteiger partial charge in [0.25, 0.3) is 0 Å². The first kappa shape index (κ1) is 17.8. The first-order valence-electron chi connectivity index (χ1n) is 6.61.